The van der Waals surface area contributed by atoms with Crippen LogP contribution in [0, 0.1) is 0 Å². The summed E-state index contributed by atoms with van der Waals surface area (Å²) in [6.45, 7) is 7.92. The van der Waals surface area contributed by atoms with E-state index in [1.54, 1.807) is 0 Å². The van der Waals surface area contributed by atoms with Crippen molar-refractivity contribution in [3.05, 3.63) is 35.3 Å². The van der Waals surface area contributed by atoms with Crippen LogP contribution in [0.15, 0.2) is 29.7 Å². The molecule has 1 aliphatic heterocycles. The zero-order chi connectivity index (χ0) is 15.7. The van der Waals surface area contributed by atoms with E-state index in [1.807, 2.05) is 65.1 Å². The molecule has 0 radical (unpaired) electrons. The van der Waals surface area contributed by atoms with Crippen molar-refractivity contribution in [2.75, 3.05) is 19.0 Å². The minimum atomic E-state index is -0.516. The summed E-state index contributed by atoms with van der Waals surface area (Å²) in [5, 5.41) is 12.8. The first-order valence-corrected chi connectivity index (χ1v) is 7.24. The van der Waals surface area contributed by atoms with Crippen molar-refractivity contribution in [3.63, 3.8) is 0 Å². The molecule has 0 unspecified atom stereocenters. The van der Waals surface area contributed by atoms with Crippen LogP contribution < -0.4 is 5.32 Å². The summed E-state index contributed by atoms with van der Waals surface area (Å²) < 4.78 is 12.0. The molecule has 4 nitrogen and oxygen atoms in total. The second kappa shape index (κ2) is 5.83. The van der Waals surface area contributed by atoms with Crippen molar-refractivity contribution in [3.8, 4) is 0 Å². The second-order valence-corrected chi connectivity index (χ2v) is 6.34. The number of hydrogen-bond acceptors (Lipinski definition) is 4. The van der Waals surface area contributed by atoms with Gasteiger partial charge in [-0.05, 0) is 50.9 Å². The SMILES string of the molecule is CNc1cccc(C=C(CO)B2OC(C)(C)C(C)(C)O2)c1. The smallest absolute Gasteiger partial charge is 0.400 e. The lowest BCUT2D eigenvalue weighted by Crippen LogP contribution is -2.41. The van der Waals surface area contributed by atoms with E-state index in [1.165, 1.54) is 0 Å². The first-order valence-electron chi connectivity index (χ1n) is 7.24. The molecular formula is C16H24BNO3. The molecule has 0 saturated carbocycles. The highest BCUT2D eigenvalue weighted by molar-refractivity contribution is 6.55. The summed E-state index contributed by atoms with van der Waals surface area (Å²) in [5.74, 6) is 0. The molecule has 1 heterocycles. The van der Waals surface area contributed by atoms with Crippen LogP contribution >= 0.6 is 0 Å². The van der Waals surface area contributed by atoms with Gasteiger partial charge in [0.05, 0.1) is 17.8 Å². The summed E-state index contributed by atoms with van der Waals surface area (Å²) in [7, 11) is 1.36. The average Bonchev–Trinajstić information content (AvgIpc) is 2.65. The number of aliphatic hydroxyl groups excluding tert-OH is 1. The molecule has 2 N–H and O–H groups in total. The molecule has 114 valence electrons. The lowest BCUT2D eigenvalue weighted by atomic mass is 9.77. The van der Waals surface area contributed by atoms with Gasteiger partial charge in [-0.1, -0.05) is 18.2 Å². The second-order valence-electron chi connectivity index (χ2n) is 6.34. The van der Waals surface area contributed by atoms with Gasteiger partial charge in [0.25, 0.3) is 0 Å². The zero-order valence-electron chi connectivity index (χ0n) is 13.4. The van der Waals surface area contributed by atoms with Crippen LogP contribution in [0.25, 0.3) is 6.08 Å². The Morgan fingerprint density at radius 1 is 1.24 bits per heavy atom. The van der Waals surface area contributed by atoms with Gasteiger partial charge in [0.2, 0.25) is 0 Å². The Labute approximate surface area is 127 Å². The van der Waals surface area contributed by atoms with Crippen LogP contribution in [0.4, 0.5) is 5.69 Å². The van der Waals surface area contributed by atoms with Gasteiger partial charge in [0, 0.05) is 12.7 Å². The van der Waals surface area contributed by atoms with Crippen LogP contribution in [-0.4, -0.2) is 37.1 Å². The van der Waals surface area contributed by atoms with E-state index >= 15 is 0 Å². The van der Waals surface area contributed by atoms with Crippen molar-refractivity contribution in [1.82, 2.24) is 0 Å². The topological polar surface area (TPSA) is 50.7 Å². The number of aliphatic hydroxyl groups is 1. The molecular weight excluding hydrogens is 265 g/mol. The molecule has 1 saturated heterocycles. The maximum atomic E-state index is 9.67. The van der Waals surface area contributed by atoms with Crippen LogP contribution in [-0.2, 0) is 9.31 Å². The maximum Gasteiger partial charge on any atom is 0.492 e. The predicted molar refractivity (Wildman–Crippen MR) is 87.1 cm³/mol. The molecule has 1 fully saturated rings. The van der Waals surface area contributed by atoms with Crippen molar-refractivity contribution in [1.29, 1.82) is 0 Å². The van der Waals surface area contributed by atoms with Gasteiger partial charge in [0.1, 0.15) is 0 Å². The average molecular weight is 289 g/mol. The molecule has 2 rings (SSSR count). The fraction of sp³-hybridized carbons (Fsp3) is 0.500. The lowest BCUT2D eigenvalue weighted by Gasteiger charge is -2.32. The molecule has 21 heavy (non-hydrogen) atoms. The Kier molecular flexibility index (Phi) is 4.47. The fourth-order valence-electron chi connectivity index (χ4n) is 2.18. The van der Waals surface area contributed by atoms with Gasteiger partial charge in [-0.25, -0.2) is 0 Å². The summed E-state index contributed by atoms with van der Waals surface area (Å²) in [6.07, 6.45) is 1.92. The molecule has 0 spiro atoms. The summed E-state index contributed by atoms with van der Waals surface area (Å²) >= 11 is 0. The third kappa shape index (κ3) is 3.31. The van der Waals surface area contributed by atoms with E-state index in [4.69, 9.17) is 9.31 Å². The monoisotopic (exact) mass is 289 g/mol. The van der Waals surface area contributed by atoms with Crippen LogP contribution in [0.2, 0.25) is 0 Å². The van der Waals surface area contributed by atoms with E-state index in [0.717, 1.165) is 16.7 Å². The predicted octanol–water partition coefficient (Wildman–Crippen LogP) is 2.74. The van der Waals surface area contributed by atoms with Gasteiger partial charge < -0.3 is 19.7 Å². The molecule has 1 aromatic carbocycles. The van der Waals surface area contributed by atoms with Crippen molar-refractivity contribution < 1.29 is 14.4 Å². The molecule has 5 heteroatoms. The molecule has 1 aliphatic rings. The fourth-order valence-corrected chi connectivity index (χ4v) is 2.18. The Bertz CT molecular complexity index is 524. The normalized spacial score (nSPS) is 20.7. The van der Waals surface area contributed by atoms with Crippen molar-refractivity contribution in [2.24, 2.45) is 0 Å². The van der Waals surface area contributed by atoms with E-state index in [9.17, 15) is 5.11 Å². The van der Waals surface area contributed by atoms with E-state index < -0.39 is 18.3 Å². The summed E-state index contributed by atoms with van der Waals surface area (Å²) in [6, 6.07) is 7.96. The summed E-state index contributed by atoms with van der Waals surface area (Å²) in [4.78, 5) is 0. The third-order valence-electron chi connectivity index (χ3n) is 4.27. The van der Waals surface area contributed by atoms with Crippen LogP contribution in [0.1, 0.15) is 33.3 Å². The summed E-state index contributed by atoms with van der Waals surface area (Å²) in [5.41, 5.74) is 1.94. The van der Waals surface area contributed by atoms with E-state index in [-0.39, 0.29) is 6.61 Å². The molecule has 0 bridgehead atoms. The van der Waals surface area contributed by atoms with E-state index in [0.29, 0.717) is 0 Å². The first-order chi connectivity index (χ1) is 9.79. The minimum Gasteiger partial charge on any atom is -0.400 e. The van der Waals surface area contributed by atoms with Crippen molar-refractivity contribution in [2.45, 2.75) is 38.9 Å². The van der Waals surface area contributed by atoms with Crippen LogP contribution in [0.3, 0.4) is 0 Å². The third-order valence-corrected chi connectivity index (χ3v) is 4.27. The quantitative estimate of drug-likeness (QED) is 0.837. The minimum absolute atomic E-state index is 0.0966. The Morgan fingerprint density at radius 3 is 2.38 bits per heavy atom. The Morgan fingerprint density at radius 2 is 1.86 bits per heavy atom. The molecule has 0 amide bonds. The van der Waals surface area contributed by atoms with Crippen LogP contribution in [0.5, 0.6) is 0 Å². The number of nitrogens with one attached hydrogen (secondary N) is 1. The Balaban J connectivity index is 2.26. The van der Waals surface area contributed by atoms with Gasteiger partial charge >= 0.3 is 7.12 Å². The zero-order valence-corrected chi connectivity index (χ0v) is 13.4. The largest absolute Gasteiger partial charge is 0.492 e. The number of benzene rings is 1. The highest BCUT2D eigenvalue weighted by atomic mass is 16.7. The molecule has 0 atom stereocenters. The van der Waals surface area contributed by atoms with Gasteiger partial charge in [-0.3, -0.25) is 0 Å². The molecule has 0 aliphatic carbocycles. The van der Waals surface area contributed by atoms with Crippen molar-refractivity contribution >= 4 is 18.9 Å². The first kappa shape index (κ1) is 16.1. The molecule has 0 aromatic heterocycles. The molecule has 1 aromatic rings. The van der Waals surface area contributed by atoms with Gasteiger partial charge in [-0.2, -0.15) is 0 Å². The highest BCUT2D eigenvalue weighted by Gasteiger charge is 2.52. The van der Waals surface area contributed by atoms with E-state index in [2.05, 4.69) is 5.32 Å². The standard InChI is InChI=1S/C16H24BNO3/c1-15(2)16(3,4)21-17(20-15)13(11-19)9-12-7-6-8-14(10-12)18-5/h6-10,18-19H,11H2,1-5H3. The highest BCUT2D eigenvalue weighted by Crippen LogP contribution is 2.38. The lowest BCUT2D eigenvalue weighted by molar-refractivity contribution is 0.00578. The Hall–Kier alpha value is -1.30. The number of anilines is 1. The maximum absolute atomic E-state index is 9.67. The van der Waals surface area contributed by atoms with Gasteiger partial charge in [0.15, 0.2) is 0 Å². The number of rotatable bonds is 4. The van der Waals surface area contributed by atoms with Gasteiger partial charge in [-0.15, -0.1) is 0 Å². The number of hydrogen-bond donors (Lipinski definition) is 2.